The van der Waals surface area contributed by atoms with Crippen LogP contribution in [0.1, 0.15) is 11.8 Å². The highest BCUT2D eigenvalue weighted by atomic mass is 32.2. The van der Waals surface area contributed by atoms with Gasteiger partial charge in [-0.2, -0.15) is 21.6 Å². The van der Waals surface area contributed by atoms with E-state index in [0.717, 1.165) is 0 Å². The molecule has 0 amide bonds. The number of rotatable bonds is 5. The Bertz CT molecular complexity index is 777. The van der Waals surface area contributed by atoms with Gasteiger partial charge in [0.15, 0.2) is 10.6 Å². The molecule has 1 aromatic heterocycles. The molecule has 0 aliphatic heterocycles. The fourth-order valence-electron chi connectivity index (χ4n) is 1.78. The number of ether oxygens (including phenoxy) is 1. The van der Waals surface area contributed by atoms with Crippen LogP contribution in [-0.2, 0) is 16.3 Å². The molecule has 0 fully saturated rings. The molecule has 0 N–H and O–H groups in total. The SMILES string of the molecule is CCS(=O)(=O)Oc1c(-c2ccc(OC)cc2)csc1C(F)(F)F. The number of alkyl halides is 3. The van der Waals surface area contributed by atoms with Crippen LogP contribution in [0.25, 0.3) is 11.1 Å². The summed E-state index contributed by atoms with van der Waals surface area (Å²) in [6.45, 7) is 1.29. The van der Waals surface area contributed by atoms with Crippen LogP contribution in [0.5, 0.6) is 11.5 Å². The maximum Gasteiger partial charge on any atom is 0.429 e. The summed E-state index contributed by atoms with van der Waals surface area (Å²) in [7, 11) is -2.62. The zero-order valence-corrected chi connectivity index (χ0v) is 13.8. The Labute approximate surface area is 135 Å². The van der Waals surface area contributed by atoms with Gasteiger partial charge in [-0.3, -0.25) is 0 Å². The predicted molar refractivity (Wildman–Crippen MR) is 81.4 cm³/mol. The first kappa shape index (κ1) is 17.6. The van der Waals surface area contributed by atoms with Gasteiger partial charge in [0.05, 0.1) is 12.9 Å². The molecular formula is C14H13F3O4S2. The summed E-state index contributed by atoms with van der Waals surface area (Å²) in [5.74, 6) is -0.583. The van der Waals surface area contributed by atoms with Gasteiger partial charge in [-0.15, -0.1) is 11.3 Å². The van der Waals surface area contributed by atoms with E-state index in [2.05, 4.69) is 0 Å². The molecule has 2 aromatic rings. The molecule has 0 bridgehead atoms. The zero-order chi connectivity index (χ0) is 17.3. The molecule has 1 aromatic carbocycles. The fourth-order valence-corrected chi connectivity index (χ4v) is 3.25. The molecule has 0 aliphatic rings. The molecule has 1 heterocycles. The molecule has 0 unspecified atom stereocenters. The molecule has 0 saturated carbocycles. The van der Waals surface area contributed by atoms with Crippen molar-refractivity contribution < 1.29 is 30.5 Å². The van der Waals surface area contributed by atoms with Crippen molar-refractivity contribution in [1.29, 1.82) is 0 Å². The van der Waals surface area contributed by atoms with E-state index in [1.165, 1.54) is 31.5 Å². The van der Waals surface area contributed by atoms with Crippen molar-refractivity contribution in [2.24, 2.45) is 0 Å². The lowest BCUT2D eigenvalue weighted by Gasteiger charge is -2.11. The van der Waals surface area contributed by atoms with Gasteiger partial charge < -0.3 is 8.92 Å². The average Bonchev–Trinajstić information content (AvgIpc) is 2.90. The Morgan fingerprint density at radius 2 is 1.78 bits per heavy atom. The number of halogens is 3. The first-order valence-electron chi connectivity index (χ1n) is 6.43. The highest BCUT2D eigenvalue weighted by Crippen LogP contribution is 2.47. The van der Waals surface area contributed by atoms with E-state index in [1.54, 1.807) is 12.1 Å². The number of hydrogen-bond donors (Lipinski definition) is 0. The van der Waals surface area contributed by atoms with Crippen molar-refractivity contribution >= 4 is 21.5 Å². The summed E-state index contributed by atoms with van der Waals surface area (Å²) in [4.78, 5) is -1.08. The van der Waals surface area contributed by atoms with E-state index in [4.69, 9.17) is 8.92 Å². The largest absolute Gasteiger partial charge is 0.497 e. The number of hydrogen-bond acceptors (Lipinski definition) is 5. The molecule has 9 heteroatoms. The van der Waals surface area contributed by atoms with E-state index in [-0.39, 0.29) is 5.56 Å². The maximum absolute atomic E-state index is 13.1. The summed E-state index contributed by atoms with van der Waals surface area (Å²) >= 11 is 0.393. The van der Waals surface area contributed by atoms with Crippen LogP contribution in [0.2, 0.25) is 0 Å². The summed E-state index contributed by atoms with van der Waals surface area (Å²) in [5, 5.41) is 1.23. The van der Waals surface area contributed by atoms with E-state index in [1.807, 2.05) is 0 Å². The topological polar surface area (TPSA) is 52.6 Å². The van der Waals surface area contributed by atoms with Crippen molar-refractivity contribution in [3.05, 3.63) is 34.5 Å². The molecule has 23 heavy (non-hydrogen) atoms. The van der Waals surface area contributed by atoms with Gasteiger partial charge in [-0.25, -0.2) is 0 Å². The third-order valence-electron chi connectivity index (χ3n) is 2.97. The quantitative estimate of drug-likeness (QED) is 0.746. The van der Waals surface area contributed by atoms with Crippen molar-refractivity contribution in [2.45, 2.75) is 13.1 Å². The van der Waals surface area contributed by atoms with E-state index < -0.39 is 32.7 Å². The summed E-state index contributed by atoms with van der Waals surface area (Å²) in [5.41, 5.74) is 0.473. The van der Waals surface area contributed by atoms with Crippen LogP contribution >= 0.6 is 11.3 Å². The molecule has 0 radical (unpaired) electrons. The average molecular weight is 366 g/mol. The Kier molecular flexibility index (Phi) is 4.90. The van der Waals surface area contributed by atoms with Gasteiger partial charge in [0, 0.05) is 10.9 Å². The molecule has 0 atom stereocenters. The lowest BCUT2D eigenvalue weighted by atomic mass is 10.1. The third-order valence-corrected chi connectivity index (χ3v) is 5.10. The van der Waals surface area contributed by atoms with Gasteiger partial charge in [0.2, 0.25) is 0 Å². The first-order valence-corrected chi connectivity index (χ1v) is 8.89. The standard InChI is InChI=1S/C14H13F3O4S2/c1-3-23(18,19)21-12-11(8-22-13(12)14(15,16)17)9-4-6-10(20-2)7-5-9/h4-8H,3H2,1-2H3. The van der Waals surface area contributed by atoms with Gasteiger partial charge in [-0.1, -0.05) is 12.1 Å². The van der Waals surface area contributed by atoms with Crippen molar-refractivity contribution in [2.75, 3.05) is 12.9 Å². The normalized spacial score (nSPS) is 12.2. The van der Waals surface area contributed by atoms with Crippen LogP contribution in [0, 0.1) is 0 Å². The van der Waals surface area contributed by atoms with Crippen molar-refractivity contribution in [3.8, 4) is 22.6 Å². The van der Waals surface area contributed by atoms with Crippen molar-refractivity contribution in [1.82, 2.24) is 0 Å². The fraction of sp³-hybridized carbons (Fsp3) is 0.286. The molecule has 4 nitrogen and oxygen atoms in total. The second kappa shape index (κ2) is 6.40. The lowest BCUT2D eigenvalue weighted by molar-refractivity contribution is -0.135. The molecule has 2 rings (SSSR count). The first-order chi connectivity index (χ1) is 10.7. The Hall–Kier alpha value is -1.74. The monoisotopic (exact) mass is 366 g/mol. The zero-order valence-electron chi connectivity index (χ0n) is 12.2. The van der Waals surface area contributed by atoms with Gasteiger partial charge in [0.25, 0.3) is 0 Å². The highest BCUT2D eigenvalue weighted by Gasteiger charge is 2.39. The third kappa shape index (κ3) is 3.97. The van der Waals surface area contributed by atoms with E-state index >= 15 is 0 Å². The summed E-state index contributed by atoms with van der Waals surface area (Å²) in [6.07, 6.45) is -4.70. The smallest absolute Gasteiger partial charge is 0.429 e. The van der Waals surface area contributed by atoms with Crippen LogP contribution in [-0.4, -0.2) is 21.3 Å². The number of benzene rings is 1. The van der Waals surface area contributed by atoms with Crippen LogP contribution in [0.15, 0.2) is 29.6 Å². The Morgan fingerprint density at radius 1 is 1.17 bits per heavy atom. The van der Waals surface area contributed by atoms with Gasteiger partial charge in [-0.05, 0) is 24.6 Å². The van der Waals surface area contributed by atoms with Crippen molar-refractivity contribution in [3.63, 3.8) is 0 Å². The predicted octanol–water partition coefficient (Wildman–Crippen LogP) is 4.17. The van der Waals surface area contributed by atoms with Crippen LogP contribution < -0.4 is 8.92 Å². The van der Waals surface area contributed by atoms with E-state index in [9.17, 15) is 21.6 Å². The lowest BCUT2D eigenvalue weighted by Crippen LogP contribution is -2.14. The molecule has 0 saturated heterocycles. The summed E-state index contributed by atoms with van der Waals surface area (Å²) < 4.78 is 72.2. The minimum Gasteiger partial charge on any atom is -0.497 e. The molecule has 0 spiro atoms. The number of thiophene rings is 1. The molecule has 126 valence electrons. The molecular weight excluding hydrogens is 353 g/mol. The highest BCUT2D eigenvalue weighted by molar-refractivity contribution is 7.87. The summed E-state index contributed by atoms with van der Waals surface area (Å²) in [6, 6.07) is 6.20. The second-order valence-corrected chi connectivity index (χ2v) is 7.20. The Balaban J connectivity index is 2.57. The van der Waals surface area contributed by atoms with Crippen LogP contribution in [0.3, 0.4) is 0 Å². The Morgan fingerprint density at radius 3 is 2.26 bits per heavy atom. The minimum absolute atomic E-state index is 0.0713. The number of methoxy groups -OCH3 is 1. The minimum atomic E-state index is -4.70. The second-order valence-electron chi connectivity index (χ2n) is 4.46. The van der Waals surface area contributed by atoms with Crippen LogP contribution in [0.4, 0.5) is 13.2 Å². The maximum atomic E-state index is 13.1. The van der Waals surface area contributed by atoms with Gasteiger partial charge >= 0.3 is 16.3 Å². The molecule has 0 aliphatic carbocycles. The van der Waals surface area contributed by atoms with E-state index in [0.29, 0.717) is 22.6 Å². The van der Waals surface area contributed by atoms with Gasteiger partial charge in [0.1, 0.15) is 5.75 Å².